The van der Waals surface area contributed by atoms with Crippen molar-refractivity contribution in [1.29, 1.82) is 0 Å². The quantitative estimate of drug-likeness (QED) is 0.843. The molecule has 0 aromatic heterocycles. The highest BCUT2D eigenvalue weighted by Gasteiger charge is 2.13. The monoisotopic (exact) mass is 294 g/mol. The predicted molar refractivity (Wildman–Crippen MR) is 82.9 cm³/mol. The molecule has 0 spiro atoms. The largest absolute Gasteiger partial charge is 0.338 e. The number of carbonyl (C=O) groups is 1. The van der Waals surface area contributed by atoms with Crippen LogP contribution in [0, 0.1) is 5.92 Å². The summed E-state index contributed by atoms with van der Waals surface area (Å²) < 4.78 is 0. The zero-order chi connectivity index (χ0) is 14.2. The number of hydrogen-bond acceptors (Lipinski definition) is 1. The predicted octanol–water partition coefficient (Wildman–Crippen LogP) is 4.11. The smallest absolute Gasteiger partial charge is 0.315 e. The Morgan fingerprint density at radius 3 is 2.50 bits per heavy atom. The van der Waals surface area contributed by atoms with Gasteiger partial charge in [0, 0.05) is 18.1 Å². The fourth-order valence-corrected chi connectivity index (χ4v) is 2.84. The van der Waals surface area contributed by atoms with E-state index in [1.807, 2.05) is 24.3 Å². The van der Waals surface area contributed by atoms with Gasteiger partial charge in [-0.3, -0.25) is 0 Å². The van der Waals surface area contributed by atoms with Crippen molar-refractivity contribution in [3.8, 4) is 0 Å². The second-order valence-electron chi connectivity index (χ2n) is 5.53. The number of hydrogen-bond donors (Lipinski definition) is 2. The van der Waals surface area contributed by atoms with Gasteiger partial charge in [0.25, 0.3) is 0 Å². The standard InChI is InChI=1S/C16H23ClN2O/c17-15-8-6-14(7-9-15)12-19-16(20)18-11-10-13-4-2-1-3-5-13/h6-9,13H,1-5,10-12H2,(H2,18,19,20). The Bertz CT molecular complexity index is 413. The normalized spacial score (nSPS) is 15.8. The molecule has 0 saturated heterocycles. The summed E-state index contributed by atoms with van der Waals surface area (Å²) >= 11 is 5.82. The molecule has 2 N–H and O–H groups in total. The van der Waals surface area contributed by atoms with Crippen LogP contribution in [0.4, 0.5) is 4.79 Å². The summed E-state index contributed by atoms with van der Waals surface area (Å²) in [5.41, 5.74) is 1.05. The summed E-state index contributed by atoms with van der Waals surface area (Å²) in [7, 11) is 0. The third-order valence-electron chi connectivity index (χ3n) is 3.93. The SMILES string of the molecule is O=C(NCCC1CCCCC1)NCc1ccc(Cl)cc1. The second kappa shape index (κ2) is 8.15. The molecule has 0 radical (unpaired) electrons. The first-order valence-electron chi connectivity index (χ1n) is 7.50. The van der Waals surface area contributed by atoms with Gasteiger partial charge in [0.1, 0.15) is 0 Å². The highest BCUT2D eigenvalue weighted by Crippen LogP contribution is 2.25. The van der Waals surface area contributed by atoms with Crippen molar-refractivity contribution < 1.29 is 4.79 Å². The maximum atomic E-state index is 11.7. The van der Waals surface area contributed by atoms with Crippen LogP contribution >= 0.6 is 11.6 Å². The Morgan fingerprint density at radius 2 is 1.80 bits per heavy atom. The first-order valence-corrected chi connectivity index (χ1v) is 7.88. The lowest BCUT2D eigenvalue weighted by Gasteiger charge is -2.21. The minimum atomic E-state index is -0.0873. The van der Waals surface area contributed by atoms with Crippen LogP contribution < -0.4 is 10.6 Å². The van der Waals surface area contributed by atoms with E-state index in [0.717, 1.165) is 24.4 Å². The van der Waals surface area contributed by atoms with Gasteiger partial charge < -0.3 is 10.6 Å². The third kappa shape index (κ3) is 5.41. The molecule has 1 aliphatic rings. The third-order valence-corrected chi connectivity index (χ3v) is 4.18. The van der Waals surface area contributed by atoms with Gasteiger partial charge in [-0.15, -0.1) is 0 Å². The molecule has 0 unspecified atom stereocenters. The molecule has 20 heavy (non-hydrogen) atoms. The molecule has 1 aromatic rings. The van der Waals surface area contributed by atoms with Crippen LogP contribution in [0.15, 0.2) is 24.3 Å². The first kappa shape index (κ1) is 15.2. The fraction of sp³-hybridized carbons (Fsp3) is 0.562. The van der Waals surface area contributed by atoms with Gasteiger partial charge in [-0.1, -0.05) is 55.8 Å². The van der Waals surface area contributed by atoms with Gasteiger partial charge in [-0.25, -0.2) is 4.79 Å². The summed E-state index contributed by atoms with van der Waals surface area (Å²) in [4.78, 5) is 11.7. The van der Waals surface area contributed by atoms with E-state index in [2.05, 4.69) is 10.6 Å². The highest BCUT2D eigenvalue weighted by molar-refractivity contribution is 6.30. The van der Waals surface area contributed by atoms with Gasteiger partial charge in [-0.05, 0) is 30.0 Å². The molecule has 1 saturated carbocycles. The Kier molecular flexibility index (Phi) is 6.19. The maximum Gasteiger partial charge on any atom is 0.315 e. The van der Waals surface area contributed by atoms with Crippen LogP contribution in [-0.2, 0) is 6.54 Å². The fourth-order valence-electron chi connectivity index (χ4n) is 2.71. The first-order chi connectivity index (χ1) is 9.74. The second-order valence-corrected chi connectivity index (χ2v) is 5.97. The van der Waals surface area contributed by atoms with Crippen LogP contribution in [0.1, 0.15) is 44.1 Å². The lowest BCUT2D eigenvalue weighted by atomic mass is 9.87. The Balaban J connectivity index is 1.59. The summed E-state index contributed by atoms with van der Waals surface area (Å²) in [5.74, 6) is 0.806. The van der Waals surface area contributed by atoms with E-state index >= 15 is 0 Å². The van der Waals surface area contributed by atoms with Gasteiger partial charge in [0.15, 0.2) is 0 Å². The zero-order valence-corrected chi connectivity index (χ0v) is 12.6. The van der Waals surface area contributed by atoms with Crippen molar-refractivity contribution in [3.63, 3.8) is 0 Å². The molecule has 0 heterocycles. The average Bonchev–Trinajstić information content (AvgIpc) is 2.48. The Morgan fingerprint density at radius 1 is 1.10 bits per heavy atom. The molecular formula is C16H23ClN2O. The van der Waals surface area contributed by atoms with E-state index in [1.165, 1.54) is 32.1 Å². The number of halogens is 1. The average molecular weight is 295 g/mol. The van der Waals surface area contributed by atoms with Gasteiger partial charge >= 0.3 is 6.03 Å². The molecule has 0 atom stereocenters. The number of carbonyl (C=O) groups excluding carboxylic acids is 1. The van der Waals surface area contributed by atoms with E-state index in [9.17, 15) is 4.79 Å². The van der Waals surface area contributed by atoms with Crippen molar-refractivity contribution in [3.05, 3.63) is 34.9 Å². The van der Waals surface area contributed by atoms with Crippen LogP contribution in [0.3, 0.4) is 0 Å². The number of rotatable bonds is 5. The molecule has 1 aromatic carbocycles. The van der Waals surface area contributed by atoms with Gasteiger partial charge in [-0.2, -0.15) is 0 Å². The number of benzene rings is 1. The minimum absolute atomic E-state index is 0.0873. The minimum Gasteiger partial charge on any atom is -0.338 e. The lowest BCUT2D eigenvalue weighted by Crippen LogP contribution is -2.36. The van der Waals surface area contributed by atoms with Crippen LogP contribution in [0.5, 0.6) is 0 Å². The number of urea groups is 1. The van der Waals surface area contributed by atoms with Crippen molar-refractivity contribution in [1.82, 2.24) is 10.6 Å². The summed E-state index contributed by atoms with van der Waals surface area (Å²) in [6.07, 6.45) is 7.85. The van der Waals surface area contributed by atoms with E-state index in [1.54, 1.807) is 0 Å². The topological polar surface area (TPSA) is 41.1 Å². The van der Waals surface area contributed by atoms with Crippen molar-refractivity contribution in [2.45, 2.75) is 45.1 Å². The zero-order valence-electron chi connectivity index (χ0n) is 11.8. The highest BCUT2D eigenvalue weighted by atomic mass is 35.5. The van der Waals surface area contributed by atoms with E-state index < -0.39 is 0 Å². The molecular weight excluding hydrogens is 272 g/mol. The molecule has 1 aliphatic carbocycles. The molecule has 110 valence electrons. The van der Waals surface area contributed by atoms with Gasteiger partial charge in [0.2, 0.25) is 0 Å². The van der Waals surface area contributed by atoms with E-state index in [-0.39, 0.29) is 6.03 Å². The lowest BCUT2D eigenvalue weighted by molar-refractivity contribution is 0.238. The molecule has 3 nitrogen and oxygen atoms in total. The van der Waals surface area contributed by atoms with Crippen molar-refractivity contribution in [2.75, 3.05) is 6.54 Å². The van der Waals surface area contributed by atoms with Crippen LogP contribution in [0.2, 0.25) is 5.02 Å². The Labute approximate surface area is 126 Å². The molecule has 4 heteroatoms. The van der Waals surface area contributed by atoms with E-state index in [4.69, 9.17) is 11.6 Å². The molecule has 2 amide bonds. The summed E-state index contributed by atoms with van der Waals surface area (Å²) in [5, 5.41) is 6.51. The molecule has 2 rings (SSSR count). The summed E-state index contributed by atoms with van der Waals surface area (Å²) in [6, 6.07) is 7.42. The van der Waals surface area contributed by atoms with Crippen LogP contribution in [-0.4, -0.2) is 12.6 Å². The molecule has 0 aliphatic heterocycles. The van der Waals surface area contributed by atoms with Crippen molar-refractivity contribution in [2.24, 2.45) is 5.92 Å². The molecule has 0 bridgehead atoms. The Hall–Kier alpha value is -1.22. The number of nitrogens with one attached hydrogen (secondary N) is 2. The number of amides is 2. The maximum absolute atomic E-state index is 11.7. The van der Waals surface area contributed by atoms with Crippen molar-refractivity contribution >= 4 is 17.6 Å². The van der Waals surface area contributed by atoms with Gasteiger partial charge in [0.05, 0.1) is 0 Å². The summed E-state index contributed by atoms with van der Waals surface area (Å²) in [6.45, 7) is 1.31. The molecule has 1 fully saturated rings. The van der Waals surface area contributed by atoms with Crippen LogP contribution in [0.25, 0.3) is 0 Å². The van der Waals surface area contributed by atoms with E-state index in [0.29, 0.717) is 11.6 Å².